The van der Waals surface area contributed by atoms with Crippen LogP contribution < -0.4 is 10.6 Å². The minimum Gasteiger partial charge on any atom is -0.481 e. The lowest BCUT2D eigenvalue weighted by Gasteiger charge is -2.37. The number of urea groups is 1. The zero-order valence-electron chi connectivity index (χ0n) is 12.6. The Balaban J connectivity index is 2.56. The van der Waals surface area contributed by atoms with Gasteiger partial charge in [-0.25, -0.2) is 4.79 Å². The van der Waals surface area contributed by atoms with Crippen molar-refractivity contribution in [2.45, 2.75) is 63.5 Å². The van der Waals surface area contributed by atoms with E-state index in [0.29, 0.717) is 6.54 Å². The van der Waals surface area contributed by atoms with Crippen LogP contribution in [-0.2, 0) is 9.53 Å². The Hall–Kier alpha value is -1.30. The first-order valence-electron chi connectivity index (χ1n) is 7.12. The Morgan fingerprint density at radius 2 is 1.85 bits per heavy atom. The molecule has 3 N–H and O–H groups in total. The van der Waals surface area contributed by atoms with Crippen molar-refractivity contribution in [3.05, 3.63) is 0 Å². The van der Waals surface area contributed by atoms with Crippen LogP contribution in [0.4, 0.5) is 4.79 Å². The highest BCUT2D eigenvalue weighted by Gasteiger charge is 2.36. The van der Waals surface area contributed by atoms with Gasteiger partial charge in [0.1, 0.15) is 0 Å². The molecule has 1 aliphatic carbocycles. The van der Waals surface area contributed by atoms with E-state index in [1.807, 2.05) is 13.8 Å². The molecule has 2 amide bonds. The van der Waals surface area contributed by atoms with Gasteiger partial charge in [-0.05, 0) is 26.7 Å². The molecule has 0 aliphatic heterocycles. The fraction of sp³-hybridized carbons (Fsp3) is 0.857. The van der Waals surface area contributed by atoms with Gasteiger partial charge in [0.15, 0.2) is 0 Å². The number of nitrogens with one attached hydrogen (secondary N) is 2. The third kappa shape index (κ3) is 5.36. The Bertz CT molecular complexity index is 349. The summed E-state index contributed by atoms with van der Waals surface area (Å²) in [6.07, 6.45) is 4.44. The fourth-order valence-electron chi connectivity index (χ4n) is 2.51. The van der Waals surface area contributed by atoms with Crippen molar-refractivity contribution in [1.29, 1.82) is 0 Å². The van der Waals surface area contributed by atoms with Crippen LogP contribution in [0.3, 0.4) is 0 Å². The van der Waals surface area contributed by atoms with E-state index in [4.69, 9.17) is 9.84 Å². The molecule has 0 heterocycles. The molecular formula is C14H26N2O4. The van der Waals surface area contributed by atoms with Crippen LogP contribution in [0.1, 0.15) is 52.4 Å². The van der Waals surface area contributed by atoms with Gasteiger partial charge in [0.2, 0.25) is 0 Å². The van der Waals surface area contributed by atoms with Crippen molar-refractivity contribution < 1.29 is 19.4 Å². The maximum Gasteiger partial charge on any atom is 0.315 e. The monoisotopic (exact) mass is 286 g/mol. The van der Waals surface area contributed by atoms with E-state index in [1.54, 1.807) is 7.11 Å². The molecule has 0 aromatic heterocycles. The molecule has 116 valence electrons. The molecule has 1 aliphatic rings. The lowest BCUT2D eigenvalue weighted by atomic mass is 9.79. The van der Waals surface area contributed by atoms with Gasteiger partial charge in [-0.1, -0.05) is 19.3 Å². The number of rotatable bonds is 6. The number of carboxylic acids is 1. The van der Waals surface area contributed by atoms with Crippen molar-refractivity contribution in [3.63, 3.8) is 0 Å². The number of carbonyl (C=O) groups is 2. The van der Waals surface area contributed by atoms with Gasteiger partial charge in [0.05, 0.1) is 17.6 Å². The summed E-state index contributed by atoms with van der Waals surface area (Å²) < 4.78 is 5.23. The summed E-state index contributed by atoms with van der Waals surface area (Å²) in [6, 6.07) is -0.321. The normalized spacial score (nSPS) is 18.4. The average Bonchev–Trinajstić information content (AvgIpc) is 2.36. The van der Waals surface area contributed by atoms with Gasteiger partial charge in [0.25, 0.3) is 0 Å². The third-order valence-electron chi connectivity index (χ3n) is 3.91. The summed E-state index contributed by atoms with van der Waals surface area (Å²) in [5.74, 6) is -0.871. The molecule has 0 aromatic carbocycles. The van der Waals surface area contributed by atoms with Crippen LogP contribution in [0, 0.1) is 0 Å². The van der Waals surface area contributed by atoms with E-state index < -0.39 is 17.1 Å². The minimum absolute atomic E-state index is 0.0198. The second kappa shape index (κ2) is 6.92. The number of carbonyl (C=O) groups excluding carboxylic acids is 1. The summed E-state index contributed by atoms with van der Waals surface area (Å²) in [6.45, 7) is 4.13. The maximum atomic E-state index is 12.0. The van der Waals surface area contributed by atoms with E-state index in [2.05, 4.69) is 10.6 Å². The molecule has 0 radical (unpaired) electrons. The number of ether oxygens (including phenoxy) is 1. The molecule has 0 bridgehead atoms. The molecule has 0 aromatic rings. The Kier molecular flexibility index (Phi) is 5.80. The molecule has 20 heavy (non-hydrogen) atoms. The summed E-state index contributed by atoms with van der Waals surface area (Å²) in [4.78, 5) is 23.0. The molecular weight excluding hydrogens is 260 g/mol. The second-order valence-electron chi connectivity index (χ2n) is 6.18. The number of amides is 2. The van der Waals surface area contributed by atoms with Crippen molar-refractivity contribution in [3.8, 4) is 0 Å². The fourth-order valence-corrected chi connectivity index (χ4v) is 2.51. The zero-order valence-corrected chi connectivity index (χ0v) is 12.6. The highest BCUT2D eigenvalue weighted by atomic mass is 16.5. The first-order chi connectivity index (χ1) is 9.29. The smallest absolute Gasteiger partial charge is 0.315 e. The first kappa shape index (κ1) is 16.8. The van der Waals surface area contributed by atoms with E-state index in [-0.39, 0.29) is 12.5 Å². The molecule has 6 nitrogen and oxygen atoms in total. The standard InChI is InChI=1S/C14H26N2O4/c1-13(2,20-3)10-15-12(19)16-14(9-11(17)18)7-5-4-6-8-14/h4-10H2,1-3H3,(H,17,18)(H2,15,16,19). The minimum atomic E-state index is -0.871. The lowest BCUT2D eigenvalue weighted by molar-refractivity contribution is -0.139. The topological polar surface area (TPSA) is 87.7 Å². The highest BCUT2D eigenvalue weighted by Crippen LogP contribution is 2.31. The van der Waals surface area contributed by atoms with Gasteiger partial charge in [-0.3, -0.25) is 4.79 Å². The molecule has 0 unspecified atom stereocenters. The second-order valence-corrected chi connectivity index (χ2v) is 6.18. The molecule has 0 spiro atoms. The number of methoxy groups -OCH3 is 1. The van der Waals surface area contributed by atoms with Crippen molar-refractivity contribution in [2.24, 2.45) is 0 Å². The largest absolute Gasteiger partial charge is 0.481 e. The lowest BCUT2D eigenvalue weighted by Crippen LogP contribution is -2.55. The van der Waals surface area contributed by atoms with E-state index in [1.165, 1.54) is 0 Å². The number of carboxylic acid groups (broad SMARTS) is 1. The van der Waals surface area contributed by atoms with Crippen LogP contribution >= 0.6 is 0 Å². The summed E-state index contributed by atoms with van der Waals surface area (Å²) >= 11 is 0. The van der Waals surface area contributed by atoms with E-state index in [0.717, 1.165) is 32.1 Å². The maximum absolute atomic E-state index is 12.0. The van der Waals surface area contributed by atoms with Gasteiger partial charge in [-0.15, -0.1) is 0 Å². The third-order valence-corrected chi connectivity index (χ3v) is 3.91. The van der Waals surface area contributed by atoms with Crippen LogP contribution in [0.15, 0.2) is 0 Å². The predicted molar refractivity (Wildman–Crippen MR) is 75.7 cm³/mol. The molecule has 0 atom stereocenters. The van der Waals surface area contributed by atoms with Gasteiger partial charge >= 0.3 is 12.0 Å². The molecule has 0 saturated heterocycles. The molecule has 1 rings (SSSR count). The first-order valence-corrected chi connectivity index (χ1v) is 7.12. The van der Waals surface area contributed by atoms with Crippen LogP contribution in [0.5, 0.6) is 0 Å². The van der Waals surface area contributed by atoms with Crippen molar-refractivity contribution in [2.75, 3.05) is 13.7 Å². The Morgan fingerprint density at radius 3 is 2.35 bits per heavy atom. The molecule has 6 heteroatoms. The van der Waals surface area contributed by atoms with Crippen molar-refractivity contribution in [1.82, 2.24) is 10.6 Å². The van der Waals surface area contributed by atoms with Gasteiger partial charge in [0, 0.05) is 13.7 Å². The summed E-state index contributed by atoms with van der Waals surface area (Å²) in [5, 5.41) is 14.7. The number of hydrogen-bond acceptors (Lipinski definition) is 3. The number of hydrogen-bond donors (Lipinski definition) is 3. The Labute approximate surface area is 120 Å². The summed E-state index contributed by atoms with van der Waals surface area (Å²) in [5.41, 5.74) is -1.05. The average molecular weight is 286 g/mol. The van der Waals surface area contributed by atoms with Crippen LogP contribution in [0.2, 0.25) is 0 Å². The quantitative estimate of drug-likeness (QED) is 0.696. The zero-order chi connectivity index (χ0) is 15.2. The number of aliphatic carboxylic acids is 1. The SMILES string of the molecule is COC(C)(C)CNC(=O)NC1(CC(=O)O)CCCCC1. The summed E-state index contributed by atoms with van der Waals surface area (Å²) in [7, 11) is 1.59. The van der Waals surface area contributed by atoms with E-state index >= 15 is 0 Å². The molecule has 1 fully saturated rings. The highest BCUT2D eigenvalue weighted by molar-refractivity contribution is 5.76. The van der Waals surface area contributed by atoms with Crippen LogP contribution in [-0.4, -0.2) is 41.9 Å². The van der Waals surface area contributed by atoms with Crippen molar-refractivity contribution >= 4 is 12.0 Å². The predicted octanol–water partition coefficient (Wildman–Crippen LogP) is 1.89. The van der Waals surface area contributed by atoms with Gasteiger partial charge in [-0.2, -0.15) is 0 Å². The van der Waals surface area contributed by atoms with E-state index in [9.17, 15) is 9.59 Å². The molecule has 1 saturated carbocycles. The Morgan fingerprint density at radius 1 is 1.25 bits per heavy atom. The van der Waals surface area contributed by atoms with Crippen LogP contribution in [0.25, 0.3) is 0 Å². The van der Waals surface area contributed by atoms with Gasteiger partial charge < -0.3 is 20.5 Å².